The maximum Gasteiger partial charge on any atom is 0.291 e. The summed E-state index contributed by atoms with van der Waals surface area (Å²) < 4.78 is 1.48. The molecule has 0 aliphatic carbocycles. The molecule has 13 nitrogen and oxygen atoms in total. The van der Waals surface area contributed by atoms with Gasteiger partial charge >= 0.3 is 0 Å². The summed E-state index contributed by atoms with van der Waals surface area (Å²) in [6.07, 6.45) is 8.21. The first-order chi connectivity index (χ1) is 18.4. The number of aromatic nitrogens is 9. The molecule has 1 atom stereocenters. The van der Waals surface area contributed by atoms with Gasteiger partial charge < -0.3 is 15.6 Å². The molecule has 0 unspecified atom stereocenters. The minimum Gasteiger partial charge on any atom is -0.383 e. The lowest BCUT2D eigenvalue weighted by Crippen LogP contribution is -2.37. The molecule has 0 fully saturated rings. The van der Waals surface area contributed by atoms with Crippen LogP contribution in [0.3, 0.4) is 0 Å². The van der Waals surface area contributed by atoms with Gasteiger partial charge in [-0.25, -0.2) is 4.98 Å². The van der Waals surface area contributed by atoms with E-state index in [4.69, 9.17) is 10.7 Å². The number of carbonyl (C=O) groups is 2. The van der Waals surface area contributed by atoms with E-state index in [2.05, 4.69) is 35.5 Å². The van der Waals surface area contributed by atoms with Crippen molar-refractivity contribution in [2.24, 2.45) is 0 Å². The lowest BCUT2D eigenvalue weighted by atomic mass is 10.0. The molecule has 0 saturated carbocycles. The second kappa shape index (κ2) is 10.2. The molecule has 0 aromatic carbocycles. The van der Waals surface area contributed by atoms with Crippen LogP contribution in [0.1, 0.15) is 53.4 Å². The molecular formula is C25H27N11O2. The number of nitrogen functional groups attached to an aromatic ring is 1. The zero-order chi connectivity index (χ0) is 26.8. The first-order valence-corrected chi connectivity index (χ1v) is 12.2. The highest BCUT2D eigenvalue weighted by Crippen LogP contribution is 2.29. The molecule has 0 saturated heterocycles. The Morgan fingerprint density at radius 3 is 2.66 bits per heavy atom. The Kier molecular flexibility index (Phi) is 6.64. The van der Waals surface area contributed by atoms with Gasteiger partial charge in [-0.15, -0.1) is 10.2 Å². The van der Waals surface area contributed by atoms with Crippen molar-refractivity contribution in [1.82, 2.24) is 49.9 Å². The molecule has 5 aromatic heterocycles. The summed E-state index contributed by atoms with van der Waals surface area (Å²) in [6, 6.07) is 5.52. The van der Waals surface area contributed by atoms with E-state index >= 15 is 0 Å². The lowest BCUT2D eigenvalue weighted by molar-refractivity contribution is 0.0707. The Hall–Kier alpha value is -4.94. The van der Waals surface area contributed by atoms with Gasteiger partial charge in [0.2, 0.25) is 5.82 Å². The van der Waals surface area contributed by atoms with Gasteiger partial charge in [-0.2, -0.15) is 14.7 Å². The monoisotopic (exact) mass is 513 g/mol. The number of ketones is 1. The summed E-state index contributed by atoms with van der Waals surface area (Å²) in [5.41, 5.74) is 10.9. The number of aryl methyl sites for hydroxylation is 1. The SMILES string of the molecule is CC[C@H](CCc1nc2c(-c3ccc(-c4cc[nH]n4)nc3)cnn2c(N)c1C(C)=O)N(C)C(=O)c1nnc[nH]1. The van der Waals surface area contributed by atoms with Crippen LogP contribution >= 0.6 is 0 Å². The summed E-state index contributed by atoms with van der Waals surface area (Å²) in [5, 5.41) is 18.9. The number of anilines is 1. The normalized spacial score (nSPS) is 12.1. The molecule has 0 aliphatic heterocycles. The van der Waals surface area contributed by atoms with E-state index in [0.717, 1.165) is 22.5 Å². The van der Waals surface area contributed by atoms with Crippen LogP contribution < -0.4 is 5.73 Å². The smallest absolute Gasteiger partial charge is 0.291 e. The number of H-pyrrole nitrogens is 2. The maximum atomic E-state index is 12.8. The van der Waals surface area contributed by atoms with Crippen molar-refractivity contribution >= 4 is 23.2 Å². The van der Waals surface area contributed by atoms with Gasteiger partial charge in [0.1, 0.15) is 17.8 Å². The number of nitrogens with zero attached hydrogens (tertiary/aromatic N) is 8. The first kappa shape index (κ1) is 24.7. The highest BCUT2D eigenvalue weighted by molar-refractivity contribution is 6.00. The van der Waals surface area contributed by atoms with Crippen LogP contribution in [0.25, 0.3) is 28.2 Å². The first-order valence-electron chi connectivity index (χ1n) is 12.2. The number of Topliss-reactive ketones (excluding diaryl/α,β-unsaturated/α-hetero) is 1. The van der Waals surface area contributed by atoms with Gasteiger partial charge in [0.05, 0.1) is 23.1 Å². The molecule has 0 spiro atoms. The molecule has 0 radical (unpaired) electrons. The molecule has 38 heavy (non-hydrogen) atoms. The van der Waals surface area contributed by atoms with Crippen molar-refractivity contribution in [2.75, 3.05) is 12.8 Å². The summed E-state index contributed by atoms with van der Waals surface area (Å²) in [4.78, 5) is 39.1. The van der Waals surface area contributed by atoms with Crippen LogP contribution in [-0.2, 0) is 6.42 Å². The Morgan fingerprint density at radius 2 is 2.03 bits per heavy atom. The maximum absolute atomic E-state index is 12.8. The minimum atomic E-state index is -0.257. The highest BCUT2D eigenvalue weighted by atomic mass is 16.2. The summed E-state index contributed by atoms with van der Waals surface area (Å²) in [5.74, 6) is -0.0555. The molecule has 0 aliphatic rings. The Labute approximate surface area is 217 Å². The molecule has 1 amide bonds. The van der Waals surface area contributed by atoms with Crippen molar-refractivity contribution in [2.45, 2.75) is 39.2 Å². The van der Waals surface area contributed by atoms with E-state index in [-0.39, 0.29) is 29.4 Å². The summed E-state index contributed by atoms with van der Waals surface area (Å²) in [7, 11) is 1.73. The standard InChI is InChI=1S/C25H27N11O2/c1-4-16(35(3)25(38)23-28-13-30-34-23)6-8-20-21(14(2)37)22(26)36-24(32-20)17(12-31-36)15-5-7-18(27-11-15)19-9-10-29-33-19/h5,7,9-13,16H,4,6,8,26H2,1-3H3,(H,29,33)(H,28,30,34)/t16-/m1/s1. The molecule has 5 heterocycles. The van der Waals surface area contributed by atoms with Crippen LogP contribution in [0.5, 0.6) is 0 Å². The van der Waals surface area contributed by atoms with Crippen LogP contribution in [0.4, 0.5) is 5.82 Å². The second-order valence-electron chi connectivity index (χ2n) is 8.91. The number of aromatic amines is 2. The topological polar surface area (TPSA) is 177 Å². The Morgan fingerprint density at radius 1 is 1.18 bits per heavy atom. The van der Waals surface area contributed by atoms with Crippen molar-refractivity contribution in [3.8, 4) is 22.5 Å². The predicted octanol–water partition coefficient (Wildman–Crippen LogP) is 2.57. The zero-order valence-electron chi connectivity index (χ0n) is 21.2. The average molecular weight is 514 g/mol. The third-order valence-corrected chi connectivity index (χ3v) is 6.62. The molecule has 0 bridgehead atoms. The number of amides is 1. The van der Waals surface area contributed by atoms with Crippen LogP contribution in [0.2, 0.25) is 0 Å². The molecular weight excluding hydrogens is 486 g/mol. The molecule has 5 rings (SSSR count). The van der Waals surface area contributed by atoms with Crippen LogP contribution in [-0.4, -0.2) is 74.6 Å². The van der Waals surface area contributed by atoms with Gasteiger partial charge in [-0.3, -0.25) is 19.7 Å². The van der Waals surface area contributed by atoms with Crippen LogP contribution in [0, 0.1) is 0 Å². The molecule has 5 aromatic rings. The number of carbonyl (C=O) groups excluding carboxylic acids is 2. The van der Waals surface area contributed by atoms with Gasteiger partial charge in [-0.05, 0) is 38.3 Å². The lowest BCUT2D eigenvalue weighted by Gasteiger charge is -2.26. The average Bonchev–Trinajstić information content (AvgIpc) is 3.70. The number of hydrogen-bond acceptors (Lipinski definition) is 9. The van der Waals surface area contributed by atoms with E-state index in [9.17, 15) is 9.59 Å². The quantitative estimate of drug-likeness (QED) is 0.250. The van der Waals surface area contributed by atoms with E-state index in [1.165, 1.54) is 17.8 Å². The third kappa shape index (κ3) is 4.49. The number of nitrogens with one attached hydrogen (secondary N) is 2. The van der Waals surface area contributed by atoms with Gasteiger partial charge in [0.15, 0.2) is 11.4 Å². The second-order valence-corrected chi connectivity index (χ2v) is 8.91. The van der Waals surface area contributed by atoms with E-state index < -0.39 is 0 Å². The number of nitrogens with two attached hydrogens (primary N) is 1. The van der Waals surface area contributed by atoms with Crippen molar-refractivity contribution in [1.29, 1.82) is 0 Å². The largest absolute Gasteiger partial charge is 0.383 e. The van der Waals surface area contributed by atoms with Gasteiger partial charge in [0.25, 0.3) is 5.91 Å². The Bertz CT molecular complexity index is 1570. The predicted molar refractivity (Wildman–Crippen MR) is 139 cm³/mol. The van der Waals surface area contributed by atoms with Crippen molar-refractivity contribution in [3.63, 3.8) is 0 Å². The molecule has 4 N–H and O–H groups in total. The fourth-order valence-electron chi connectivity index (χ4n) is 4.56. The minimum absolute atomic E-state index is 0.116. The number of rotatable bonds is 9. The van der Waals surface area contributed by atoms with Gasteiger partial charge in [0, 0.05) is 36.6 Å². The zero-order valence-corrected chi connectivity index (χ0v) is 21.2. The summed E-state index contributed by atoms with van der Waals surface area (Å²) in [6.45, 7) is 3.46. The Balaban J connectivity index is 1.46. The molecule has 13 heteroatoms. The fraction of sp³-hybridized carbons (Fsp3) is 0.280. The van der Waals surface area contributed by atoms with Gasteiger partial charge in [-0.1, -0.05) is 13.0 Å². The van der Waals surface area contributed by atoms with E-state index in [0.29, 0.717) is 36.2 Å². The number of pyridine rings is 1. The summed E-state index contributed by atoms with van der Waals surface area (Å²) >= 11 is 0. The highest BCUT2D eigenvalue weighted by Gasteiger charge is 2.25. The number of hydrogen-bond donors (Lipinski definition) is 3. The third-order valence-electron chi connectivity index (χ3n) is 6.62. The van der Waals surface area contributed by atoms with Crippen LogP contribution in [0.15, 0.2) is 43.1 Å². The van der Waals surface area contributed by atoms with E-state index in [1.54, 1.807) is 30.5 Å². The van der Waals surface area contributed by atoms with Crippen molar-refractivity contribution in [3.05, 3.63) is 60.2 Å². The van der Waals surface area contributed by atoms with E-state index in [1.807, 2.05) is 25.1 Å². The molecule has 194 valence electrons. The fourth-order valence-corrected chi connectivity index (χ4v) is 4.56. The number of fused-ring (bicyclic) bond motifs is 1. The van der Waals surface area contributed by atoms with Crippen molar-refractivity contribution < 1.29 is 9.59 Å².